The van der Waals surface area contributed by atoms with E-state index in [-0.39, 0.29) is 18.3 Å². The predicted octanol–water partition coefficient (Wildman–Crippen LogP) is 3.76. The summed E-state index contributed by atoms with van der Waals surface area (Å²) in [5.41, 5.74) is 1.14. The third-order valence-corrected chi connectivity index (χ3v) is 4.27. The molecule has 140 valence electrons. The molecule has 1 saturated carbocycles. The van der Waals surface area contributed by atoms with E-state index in [9.17, 15) is 13.2 Å². The van der Waals surface area contributed by atoms with Crippen LogP contribution in [0.2, 0.25) is 0 Å². The van der Waals surface area contributed by atoms with Gasteiger partial charge in [-0.25, -0.2) is 27.8 Å². The number of nitrogens with zero attached hydrogens (tertiary/aromatic N) is 5. The molecule has 0 radical (unpaired) electrons. The molecular weight excluding hydrogens is 359 g/mol. The number of hydrogen-bond donors (Lipinski definition) is 0. The van der Waals surface area contributed by atoms with E-state index in [0.29, 0.717) is 18.5 Å². The van der Waals surface area contributed by atoms with E-state index < -0.39 is 17.3 Å². The first-order valence-electron chi connectivity index (χ1n) is 8.44. The van der Waals surface area contributed by atoms with E-state index >= 15 is 0 Å². The molecule has 6 nitrogen and oxygen atoms in total. The van der Waals surface area contributed by atoms with Gasteiger partial charge in [0.25, 0.3) is 5.92 Å². The molecule has 0 amide bonds. The second-order valence-corrected chi connectivity index (χ2v) is 6.57. The van der Waals surface area contributed by atoms with E-state index in [4.69, 9.17) is 4.74 Å². The zero-order valence-electron chi connectivity index (χ0n) is 14.4. The number of benzene rings is 1. The Kier molecular flexibility index (Phi) is 4.29. The lowest BCUT2D eigenvalue weighted by atomic mass is 10.1. The van der Waals surface area contributed by atoms with Gasteiger partial charge in [0.2, 0.25) is 0 Å². The molecule has 0 aliphatic heterocycles. The molecule has 0 spiro atoms. The molecule has 4 rings (SSSR count). The number of rotatable bonds is 6. The second kappa shape index (κ2) is 6.64. The zero-order valence-corrected chi connectivity index (χ0v) is 14.4. The minimum atomic E-state index is -3.30. The van der Waals surface area contributed by atoms with Crippen molar-refractivity contribution in [3.8, 4) is 11.7 Å². The van der Waals surface area contributed by atoms with Crippen molar-refractivity contribution in [1.29, 1.82) is 0 Å². The average Bonchev–Trinajstić information content (AvgIpc) is 3.38. The Balaban J connectivity index is 1.45. The maximum atomic E-state index is 13.6. The molecule has 0 saturated heterocycles. The number of aromatic nitrogens is 5. The van der Waals surface area contributed by atoms with E-state index in [1.807, 2.05) is 0 Å². The maximum Gasteiger partial charge on any atom is 0.316 e. The summed E-state index contributed by atoms with van der Waals surface area (Å²) in [6.45, 7) is 0.713. The van der Waals surface area contributed by atoms with E-state index in [0.717, 1.165) is 17.7 Å². The first-order chi connectivity index (χ1) is 12.9. The summed E-state index contributed by atoms with van der Waals surface area (Å²) in [6, 6.07) is 3.61. The van der Waals surface area contributed by atoms with Crippen molar-refractivity contribution in [2.45, 2.75) is 38.2 Å². The average molecular weight is 375 g/mol. The van der Waals surface area contributed by atoms with Crippen LogP contribution in [0.1, 0.15) is 42.5 Å². The standard InChI is InChI=1S/C18H16F3N5O/c1-18(20,21)15-6-14(4-5-16(15)19)26-9-13(24-25-26)10-27-17-22-7-12(8-23-17)11-2-3-11/h4-9,11H,2-3,10H2,1H3. The highest BCUT2D eigenvalue weighted by Crippen LogP contribution is 2.39. The van der Waals surface area contributed by atoms with Crippen LogP contribution >= 0.6 is 0 Å². The summed E-state index contributed by atoms with van der Waals surface area (Å²) in [5, 5.41) is 7.80. The minimum absolute atomic E-state index is 0.0702. The summed E-state index contributed by atoms with van der Waals surface area (Å²) in [4.78, 5) is 8.31. The van der Waals surface area contributed by atoms with Crippen molar-refractivity contribution in [1.82, 2.24) is 25.0 Å². The summed E-state index contributed by atoms with van der Waals surface area (Å²) >= 11 is 0. The molecule has 1 aliphatic carbocycles. The third kappa shape index (κ3) is 3.91. The molecule has 0 atom stereocenters. The lowest BCUT2D eigenvalue weighted by molar-refractivity contribution is 0.0137. The van der Waals surface area contributed by atoms with Gasteiger partial charge in [-0.05, 0) is 42.5 Å². The summed E-state index contributed by atoms with van der Waals surface area (Å²) < 4.78 is 47.4. The normalized spacial score (nSPS) is 14.4. The Hall–Kier alpha value is -2.97. The highest BCUT2D eigenvalue weighted by atomic mass is 19.3. The van der Waals surface area contributed by atoms with Gasteiger partial charge in [-0.3, -0.25) is 0 Å². The van der Waals surface area contributed by atoms with E-state index in [1.165, 1.54) is 29.8 Å². The number of alkyl halides is 2. The van der Waals surface area contributed by atoms with Crippen molar-refractivity contribution in [2.24, 2.45) is 0 Å². The van der Waals surface area contributed by atoms with Crippen LogP contribution in [0.3, 0.4) is 0 Å². The molecule has 1 aliphatic rings. The van der Waals surface area contributed by atoms with Crippen LogP contribution in [0.5, 0.6) is 6.01 Å². The summed E-state index contributed by atoms with van der Waals surface area (Å²) in [6.07, 6.45) is 7.36. The fourth-order valence-corrected chi connectivity index (χ4v) is 2.65. The molecular formula is C18H16F3N5O. The topological polar surface area (TPSA) is 65.7 Å². The van der Waals surface area contributed by atoms with Crippen molar-refractivity contribution in [3.63, 3.8) is 0 Å². The fraction of sp³-hybridized carbons (Fsp3) is 0.333. The van der Waals surface area contributed by atoms with Crippen LogP contribution in [-0.4, -0.2) is 25.0 Å². The smallest absolute Gasteiger partial charge is 0.316 e. The monoisotopic (exact) mass is 375 g/mol. The van der Waals surface area contributed by atoms with Crippen LogP contribution in [0.15, 0.2) is 36.8 Å². The summed E-state index contributed by atoms with van der Waals surface area (Å²) in [5.74, 6) is -3.70. The number of hydrogen-bond acceptors (Lipinski definition) is 5. The van der Waals surface area contributed by atoms with Gasteiger partial charge < -0.3 is 4.74 Å². The lowest BCUT2D eigenvalue weighted by Crippen LogP contribution is -2.11. The van der Waals surface area contributed by atoms with Crippen LogP contribution in [-0.2, 0) is 12.5 Å². The van der Waals surface area contributed by atoms with Gasteiger partial charge in [-0.1, -0.05) is 5.21 Å². The van der Waals surface area contributed by atoms with Crippen LogP contribution < -0.4 is 4.74 Å². The lowest BCUT2D eigenvalue weighted by Gasteiger charge is -2.12. The first kappa shape index (κ1) is 17.4. The van der Waals surface area contributed by atoms with Gasteiger partial charge in [0, 0.05) is 19.3 Å². The Morgan fingerprint density at radius 2 is 1.96 bits per heavy atom. The highest BCUT2D eigenvalue weighted by molar-refractivity contribution is 5.37. The molecule has 27 heavy (non-hydrogen) atoms. The Morgan fingerprint density at radius 1 is 1.22 bits per heavy atom. The van der Waals surface area contributed by atoms with Gasteiger partial charge in [-0.15, -0.1) is 5.10 Å². The molecule has 2 heterocycles. The molecule has 1 aromatic carbocycles. The SMILES string of the molecule is CC(F)(F)c1cc(-n2cc(COc3ncc(C4CC4)cn3)nn2)ccc1F. The second-order valence-electron chi connectivity index (χ2n) is 6.57. The first-order valence-corrected chi connectivity index (χ1v) is 8.44. The quantitative estimate of drug-likeness (QED) is 0.656. The van der Waals surface area contributed by atoms with E-state index in [1.54, 1.807) is 12.4 Å². The van der Waals surface area contributed by atoms with E-state index in [2.05, 4.69) is 20.3 Å². The predicted molar refractivity (Wildman–Crippen MR) is 89.2 cm³/mol. The number of ether oxygens (including phenoxy) is 1. The molecule has 1 fully saturated rings. The molecule has 0 unspecified atom stereocenters. The minimum Gasteiger partial charge on any atom is -0.457 e. The third-order valence-electron chi connectivity index (χ3n) is 4.27. The zero-order chi connectivity index (χ0) is 19.0. The van der Waals surface area contributed by atoms with Crippen molar-refractivity contribution in [3.05, 3.63) is 59.4 Å². The van der Waals surface area contributed by atoms with Gasteiger partial charge in [0.15, 0.2) is 0 Å². The molecule has 2 aromatic heterocycles. The maximum absolute atomic E-state index is 13.6. The van der Waals surface area contributed by atoms with Crippen molar-refractivity contribution in [2.75, 3.05) is 0 Å². The Labute approximate surface area is 153 Å². The molecule has 3 aromatic rings. The van der Waals surface area contributed by atoms with Gasteiger partial charge >= 0.3 is 6.01 Å². The largest absolute Gasteiger partial charge is 0.457 e. The number of halogens is 3. The van der Waals surface area contributed by atoms with Gasteiger partial charge in [0.1, 0.15) is 18.1 Å². The molecule has 0 bridgehead atoms. The highest BCUT2D eigenvalue weighted by Gasteiger charge is 2.28. The van der Waals surface area contributed by atoms with Crippen molar-refractivity contribution >= 4 is 0 Å². The van der Waals surface area contributed by atoms with Gasteiger partial charge in [-0.2, -0.15) is 0 Å². The molecule has 9 heteroatoms. The molecule has 0 N–H and O–H groups in total. The van der Waals surface area contributed by atoms with Crippen molar-refractivity contribution < 1.29 is 17.9 Å². The van der Waals surface area contributed by atoms with Gasteiger partial charge in [0.05, 0.1) is 17.4 Å². The van der Waals surface area contributed by atoms with Crippen LogP contribution in [0.25, 0.3) is 5.69 Å². The Morgan fingerprint density at radius 3 is 2.63 bits per heavy atom. The Bertz CT molecular complexity index is 948. The van der Waals surface area contributed by atoms with Crippen LogP contribution in [0.4, 0.5) is 13.2 Å². The van der Waals surface area contributed by atoms with Crippen LogP contribution in [0, 0.1) is 5.82 Å². The fourth-order valence-electron chi connectivity index (χ4n) is 2.65. The summed E-state index contributed by atoms with van der Waals surface area (Å²) in [7, 11) is 0.